The molecular formula is C18H13ClN4O5. The molecule has 0 spiro atoms. The number of carbonyl (C=O) groups is 1. The van der Waals surface area contributed by atoms with Gasteiger partial charge in [0.15, 0.2) is 5.56 Å². The van der Waals surface area contributed by atoms with Gasteiger partial charge in [-0.25, -0.2) is 9.48 Å². The molecule has 0 unspecified atom stereocenters. The van der Waals surface area contributed by atoms with Gasteiger partial charge in [0.2, 0.25) is 0 Å². The Balaban J connectivity index is 2.11. The molecule has 0 aliphatic rings. The van der Waals surface area contributed by atoms with E-state index in [2.05, 4.69) is 10.1 Å². The summed E-state index contributed by atoms with van der Waals surface area (Å²) in [5.74, 6) is -1.52. The molecule has 3 rings (SSSR count). The number of aromatic amines is 1. The summed E-state index contributed by atoms with van der Waals surface area (Å²) >= 11 is 5.86. The van der Waals surface area contributed by atoms with Gasteiger partial charge in [-0.3, -0.25) is 25.0 Å². The van der Waals surface area contributed by atoms with E-state index in [1.807, 2.05) is 6.07 Å². The van der Waals surface area contributed by atoms with Gasteiger partial charge in [-0.2, -0.15) is 0 Å². The van der Waals surface area contributed by atoms with Crippen LogP contribution >= 0.6 is 11.6 Å². The summed E-state index contributed by atoms with van der Waals surface area (Å²) in [5.41, 5.74) is -0.630. The van der Waals surface area contributed by atoms with Gasteiger partial charge in [0.1, 0.15) is 0 Å². The van der Waals surface area contributed by atoms with Crippen molar-refractivity contribution in [3.05, 3.63) is 84.8 Å². The molecule has 28 heavy (non-hydrogen) atoms. The first-order valence-corrected chi connectivity index (χ1v) is 8.29. The highest BCUT2D eigenvalue weighted by Crippen LogP contribution is 2.32. The van der Waals surface area contributed by atoms with Crippen LogP contribution in [0.1, 0.15) is 21.6 Å². The first-order chi connectivity index (χ1) is 13.3. The van der Waals surface area contributed by atoms with Crippen LogP contribution in [0, 0.1) is 17.0 Å². The molecule has 1 aromatic heterocycles. The summed E-state index contributed by atoms with van der Waals surface area (Å²) < 4.78 is 1.31. The highest BCUT2D eigenvalue weighted by atomic mass is 35.5. The van der Waals surface area contributed by atoms with Crippen molar-refractivity contribution >= 4 is 35.2 Å². The molecule has 0 bridgehead atoms. The van der Waals surface area contributed by atoms with Gasteiger partial charge >= 0.3 is 5.97 Å². The molecule has 3 aromatic rings. The molecule has 0 atom stereocenters. The summed E-state index contributed by atoms with van der Waals surface area (Å²) in [6.45, 7) is 1.65. The lowest BCUT2D eigenvalue weighted by atomic mass is 10.1. The van der Waals surface area contributed by atoms with Crippen molar-refractivity contribution in [2.24, 2.45) is 4.99 Å². The molecule has 0 saturated carbocycles. The average Bonchev–Trinajstić information content (AvgIpc) is 2.93. The highest BCUT2D eigenvalue weighted by molar-refractivity contribution is 6.31. The molecule has 0 radical (unpaired) electrons. The molecule has 0 aliphatic carbocycles. The molecule has 2 N–H and O–H groups in total. The third kappa shape index (κ3) is 3.55. The number of rotatable bonds is 5. The lowest BCUT2D eigenvalue weighted by molar-refractivity contribution is -0.385. The average molecular weight is 401 g/mol. The number of hydrogen-bond donors (Lipinski definition) is 2. The molecule has 2 aromatic carbocycles. The number of carboxylic acids is 1. The number of halogens is 1. The number of nitro benzene ring substituents is 1. The van der Waals surface area contributed by atoms with E-state index in [-0.39, 0.29) is 16.3 Å². The van der Waals surface area contributed by atoms with E-state index in [1.54, 1.807) is 31.2 Å². The van der Waals surface area contributed by atoms with Crippen LogP contribution in [0.15, 0.2) is 52.3 Å². The standard InChI is InChI=1S/C18H13ClN4O5/c1-10-13(17(24)22(21-10)12-5-3-2-4-6-12)9-20-14-7-11(19)8-15(23(27)28)16(14)18(25)26/h2-9,21H,1H3,(H,25,26). The van der Waals surface area contributed by atoms with Crippen LogP contribution in [-0.4, -0.2) is 32.0 Å². The molecule has 1 heterocycles. The van der Waals surface area contributed by atoms with E-state index < -0.39 is 27.7 Å². The maximum atomic E-state index is 12.7. The van der Waals surface area contributed by atoms with Crippen LogP contribution in [0.25, 0.3) is 5.69 Å². The summed E-state index contributed by atoms with van der Waals surface area (Å²) in [5, 5.41) is 23.4. The Labute approximate surface area is 162 Å². The normalized spacial score (nSPS) is 11.1. The second-order valence-corrected chi connectivity index (χ2v) is 6.20. The molecule has 142 valence electrons. The third-order valence-corrected chi connectivity index (χ3v) is 4.15. The quantitative estimate of drug-likeness (QED) is 0.384. The second-order valence-electron chi connectivity index (χ2n) is 5.77. The predicted octanol–water partition coefficient (Wildman–Crippen LogP) is 3.48. The minimum absolute atomic E-state index is 0.0451. The van der Waals surface area contributed by atoms with Crippen molar-refractivity contribution in [3.63, 3.8) is 0 Å². The zero-order valence-corrected chi connectivity index (χ0v) is 15.2. The highest BCUT2D eigenvalue weighted by Gasteiger charge is 2.25. The zero-order chi connectivity index (χ0) is 20.4. The van der Waals surface area contributed by atoms with Gasteiger partial charge in [-0.05, 0) is 25.1 Å². The van der Waals surface area contributed by atoms with Gasteiger partial charge in [-0.1, -0.05) is 29.8 Å². The van der Waals surface area contributed by atoms with Gasteiger partial charge in [0, 0.05) is 23.0 Å². The number of nitro groups is 1. The number of aromatic nitrogens is 2. The van der Waals surface area contributed by atoms with Crippen molar-refractivity contribution in [2.45, 2.75) is 6.92 Å². The number of nitrogens with zero attached hydrogens (tertiary/aromatic N) is 3. The Morgan fingerprint density at radius 2 is 2.00 bits per heavy atom. The lowest BCUT2D eigenvalue weighted by Crippen LogP contribution is -2.17. The van der Waals surface area contributed by atoms with E-state index in [0.717, 1.165) is 12.3 Å². The van der Waals surface area contributed by atoms with Crippen LogP contribution in [0.5, 0.6) is 0 Å². The number of H-pyrrole nitrogens is 1. The van der Waals surface area contributed by atoms with Crippen LogP contribution in [-0.2, 0) is 0 Å². The number of nitrogens with one attached hydrogen (secondary N) is 1. The summed E-state index contributed by atoms with van der Waals surface area (Å²) in [6, 6.07) is 11.0. The molecule has 9 nitrogen and oxygen atoms in total. The number of benzene rings is 2. The molecule has 0 amide bonds. The fourth-order valence-electron chi connectivity index (χ4n) is 2.65. The molecule has 0 fully saturated rings. The van der Waals surface area contributed by atoms with Crippen LogP contribution in [0.4, 0.5) is 11.4 Å². The molecule has 10 heteroatoms. The van der Waals surface area contributed by atoms with Gasteiger partial charge in [0.25, 0.3) is 11.2 Å². The van der Waals surface area contributed by atoms with E-state index in [0.29, 0.717) is 11.4 Å². The number of aryl methyl sites for hydroxylation is 1. The van der Waals surface area contributed by atoms with Crippen LogP contribution < -0.4 is 5.56 Å². The van der Waals surface area contributed by atoms with Crippen molar-refractivity contribution in [1.82, 2.24) is 9.78 Å². The summed E-state index contributed by atoms with van der Waals surface area (Å²) in [4.78, 5) is 38.5. The zero-order valence-electron chi connectivity index (χ0n) is 14.4. The van der Waals surface area contributed by atoms with Crippen LogP contribution in [0.2, 0.25) is 5.02 Å². The van der Waals surface area contributed by atoms with Crippen LogP contribution in [0.3, 0.4) is 0 Å². The predicted molar refractivity (Wildman–Crippen MR) is 103 cm³/mol. The van der Waals surface area contributed by atoms with Crippen molar-refractivity contribution in [2.75, 3.05) is 0 Å². The number of aromatic carboxylic acids is 1. The van der Waals surface area contributed by atoms with Gasteiger partial charge in [0.05, 0.1) is 21.9 Å². The molecule has 0 saturated heterocycles. The number of para-hydroxylation sites is 1. The third-order valence-electron chi connectivity index (χ3n) is 3.94. The largest absolute Gasteiger partial charge is 0.477 e. The summed E-state index contributed by atoms with van der Waals surface area (Å²) in [7, 11) is 0. The minimum atomic E-state index is -1.52. The van der Waals surface area contributed by atoms with Crippen molar-refractivity contribution < 1.29 is 14.8 Å². The minimum Gasteiger partial charge on any atom is -0.477 e. The number of carboxylic acid groups (broad SMARTS) is 1. The van der Waals surface area contributed by atoms with E-state index >= 15 is 0 Å². The smallest absolute Gasteiger partial charge is 0.344 e. The Morgan fingerprint density at radius 3 is 2.61 bits per heavy atom. The first-order valence-electron chi connectivity index (χ1n) is 7.92. The molecule has 0 aliphatic heterocycles. The Bertz CT molecular complexity index is 1160. The maximum absolute atomic E-state index is 12.7. The van der Waals surface area contributed by atoms with Crippen molar-refractivity contribution in [1.29, 1.82) is 0 Å². The van der Waals surface area contributed by atoms with E-state index in [4.69, 9.17) is 11.6 Å². The topological polar surface area (TPSA) is 131 Å². The van der Waals surface area contributed by atoms with E-state index in [1.165, 1.54) is 10.7 Å². The fraction of sp³-hybridized carbons (Fsp3) is 0.0556. The second kappa shape index (κ2) is 7.49. The lowest BCUT2D eigenvalue weighted by Gasteiger charge is -2.03. The van der Waals surface area contributed by atoms with Crippen molar-refractivity contribution in [3.8, 4) is 5.69 Å². The fourth-order valence-corrected chi connectivity index (χ4v) is 2.85. The Hall–Kier alpha value is -3.72. The Morgan fingerprint density at radius 1 is 1.32 bits per heavy atom. The monoisotopic (exact) mass is 400 g/mol. The number of hydrogen-bond acceptors (Lipinski definition) is 5. The SMILES string of the molecule is Cc1[nH]n(-c2ccccc2)c(=O)c1C=Nc1cc(Cl)cc([N+](=O)[O-])c1C(=O)O. The number of aliphatic imine (C=N–C) groups is 1. The Kier molecular flexibility index (Phi) is 5.10. The summed E-state index contributed by atoms with van der Waals surface area (Å²) in [6.07, 6.45) is 1.16. The molecular weight excluding hydrogens is 388 g/mol. The van der Waals surface area contributed by atoms with Gasteiger partial charge in [-0.15, -0.1) is 0 Å². The van der Waals surface area contributed by atoms with Gasteiger partial charge < -0.3 is 5.11 Å². The van der Waals surface area contributed by atoms with E-state index in [9.17, 15) is 24.8 Å². The first kappa shape index (κ1) is 19.1. The maximum Gasteiger partial charge on any atom is 0.344 e.